The zero-order valence-electron chi connectivity index (χ0n) is 17.1. The van der Waals surface area contributed by atoms with Crippen molar-refractivity contribution in [2.45, 2.75) is 41.0 Å². The molecular weight excluding hydrogens is 370 g/mol. The van der Waals surface area contributed by atoms with E-state index < -0.39 is 5.97 Å². The number of esters is 1. The molecule has 0 bridgehead atoms. The molecule has 0 spiro atoms. The molecule has 29 heavy (non-hydrogen) atoms. The monoisotopic (exact) mass is 393 g/mol. The molecule has 0 aliphatic rings. The van der Waals surface area contributed by atoms with Gasteiger partial charge in [-0.15, -0.1) is 0 Å². The number of amides is 1. The summed E-state index contributed by atoms with van der Waals surface area (Å²) in [6.45, 7) is 8.96. The zero-order valence-corrected chi connectivity index (χ0v) is 17.1. The minimum Gasteiger partial charge on any atom is -0.426 e. The molecule has 1 aromatic carbocycles. The summed E-state index contributed by atoms with van der Waals surface area (Å²) >= 11 is 0. The van der Waals surface area contributed by atoms with Crippen LogP contribution in [-0.4, -0.2) is 31.6 Å². The minimum absolute atomic E-state index is 0.0793. The number of ether oxygens (including phenoxy) is 1. The zero-order chi connectivity index (χ0) is 21.1. The molecule has 1 N–H and O–H groups in total. The van der Waals surface area contributed by atoms with Crippen molar-refractivity contribution < 1.29 is 14.3 Å². The van der Waals surface area contributed by atoms with Gasteiger partial charge in [-0.2, -0.15) is 5.10 Å². The Kier molecular flexibility index (Phi) is 5.72. The van der Waals surface area contributed by atoms with Gasteiger partial charge in [-0.05, 0) is 58.0 Å². The second-order valence-corrected chi connectivity index (χ2v) is 6.87. The maximum Gasteiger partial charge on any atom is 0.315 e. The molecule has 3 rings (SSSR count). The van der Waals surface area contributed by atoms with Crippen LogP contribution in [0.4, 0.5) is 5.69 Å². The molecule has 0 fully saturated rings. The second-order valence-electron chi connectivity index (χ2n) is 6.87. The van der Waals surface area contributed by atoms with Crippen LogP contribution in [0.5, 0.6) is 5.75 Å². The summed E-state index contributed by atoms with van der Waals surface area (Å²) in [5.74, 6) is 0.329. The van der Waals surface area contributed by atoms with Gasteiger partial charge in [-0.25, -0.2) is 14.6 Å². The van der Waals surface area contributed by atoms with Crippen LogP contribution < -0.4 is 10.1 Å². The Hall–Kier alpha value is -3.55. The fraction of sp³-hybridized carbons (Fsp3) is 0.286. The fourth-order valence-corrected chi connectivity index (χ4v) is 3.05. The van der Waals surface area contributed by atoms with Gasteiger partial charge in [0.2, 0.25) is 5.91 Å². The number of anilines is 1. The van der Waals surface area contributed by atoms with Crippen molar-refractivity contribution in [2.75, 3.05) is 5.32 Å². The molecule has 0 unspecified atom stereocenters. The van der Waals surface area contributed by atoms with Gasteiger partial charge >= 0.3 is 5.97 Å². The molecule has 0 saturated carbocycles. The summed E-state index contributed by atoms with van der Waals surface area (Å²) in [5.41, 5.74) is 4.65. The summed E-state index contributed by atoms with van der Waals surface area (Å²) in [4.78, 5) is 32.4. The Balaban J connectivity index is 1.75. The van der Waals surface area contributed by atoms with Crippen LogP contribution >= 0.6 is 0 Å². The molecular formula is C21H23N5O3. The highest BCUT2D eigenvalue weighted by molar-refractivity contribution is 5.88. The predicted octanol–water partition coefficient (Wildman–Crippen LogP) is 3.00. The quantitative estimate of drug-likeness (QED) is 0.528. The van der Waals surface area contributed by atoms with Gasteiger partial charge in [-0.3, -0.25) is 9.59 Å². The van der Waals surface area contributed by atoms with Crippen LogP contribution in [0, 0.1) is 27.7 Å². The molecule has 150 valence electrons. The molecule has 0 radical (unpaired) electrons. The maximum absolute atomic E-state index is 12.4. The average molecular weight is 393 g/mol. The van der Waals surface area contributed by atoms with Crippen molar-refractivity contribution >= 4 is 17.6 Å². The highest BCUT2D eigenvalue weighted by Gasteiger charge is 2.18. The number of aryl methyl sites for hydroxylation is 3. The minimum atomic E-state index is -0.399. The van der Waals surface area contributed by atoms with Crippen molar-refractivity contribution in [3.8, 4) is 11.7 Å². The van der Waals surface area contributed by atoms with Crippen molar-refractivity contribution in [3.05, 3.63) is 58.7 Å². The van der Waals surface area contributed by atoms with E-state index in [2.05, 4.69) is 20.4 Å². The molecule has 8 heteroatoms. The number of hydrogen-bond donors (Lipinski definition) is 1. The van der Waals surface area contributed by atoms with Gasteiger partial charge in [0.15, 0.2) is 0 Å². The van der Waals surface area contributed by atoms with Crippen molar-refractivity contribution in [2.24, 2.45) is 0 Å². The summed E-state index contributed by atoms with van der Waals surface area (Å²) in [6.07, 6.45) is 0.0793. The van der Waals surface area contributed by atoms with Gasteiger partial charge in [0.25, 0.3) is 5.95 Å². The van der Waals surface area contributed by atoms with Crippen molar-refractivity contribution in [1.29, 1.82) is 0 Å². The van der Waals surface area contributed by atoms with Crippen LogP contribution in [0.1, 0.15) is 35.3 Å². The normalized spacial score (nSPS) is 10.7. The third-order valence-electron chi connectivity index (χ3n) is 4.33. The van der Waals surface area contributed by atoms with E-state index >= 15 is 0 Å². The Labute approximate surface area is 168 Å². The van der Waals surface area contributed by atoms with Gasteiger partial charge in [0.05, 0.1) is 12.1 Å². The van der Waals surface area contributed by atoms with Crippen LogP contribution in [-0.2, 0) is 16.0 Å². The number of carbonyl (C=O) groups is 2. The highest BCUT2D eigenvalue weighted by Crippen LogP contribution is 2.20. The Morgan fingerprint density at radius 2 is 1.66 bits per heavy atom. The SMILES string of the molecule is CC(=O)Nc1ccc(OC(=O)Cc2c(C)nn(-c3nc(C)cc(C)n3)c2C)cc1. The summed E-state index contributed by atoms with van der Waals surface area (Å²) < 4.78 is 7.07. The first-order valence-electron chi connectivity index (χ1n) is 9.19. The van der Waals surface area contributed by atoms with Crippen molar-refractivity contribution in [3.63, 3.8) is 0 Å². The topological polar surface area (TPSA) is 99.0 Å². The Morgan fingerprint density at radius 1 is 1.03 bits per heavy atom. The fourth-order valence-electron chi connectivity index (χ4n) is 3.05. The molecule has 2 aromatic heterocycles. The summed E-state index contributed by atoms with van der Waals surface area (Å²) in [6, 6.07) is 8.52. The summed E-state index contributed by atoms with van der Waals surface area (Å²) in [5, 5.41) is 7.17. The standard InChI is InChI=1S/C21H23N5O3/c1-12-10-13(2)23-21(22-12)26-15(4)19(14(3)25-26)11-20(28)29-18-8-6-17(7-9-18)24-16(5)27/h6-10H,11H2,1-5H3,(H,24,27). The first kappa shape index (κ1) is 20.2. The number of nitrogens with zero attached hydrogens (tertiary/aromatic N) is 4. The number of hydrogen-bond acceptors (Lipinski definition) is 6. The van der Waals surface area contributed by atoms with E-state index in [1.165, 1.54) is 6.92 Å². The number of benzene rings is 1. The molecule has 8 nitrogen and oxygen atoms in total. The van der Waals surface area contributed by atoms with E-state index in [9.17, 15) is 9.59 Å². The third kappa shape index (κ3) is 4.84. The average Bonchev–Trinajstić information content (AvgIpc) is 2.90. The highest BCUT2D eigenvalue weighted by atomic mass is 16.5. The van der Waals surface area contributed by atoms with E-state index in [-0.39, 0.29) is 12.3 Å². The van der Waals surface area contributed by atoms with E-state index in [1.54, 1.807) is 28.9 Å². The molecule has 0 aliphatic heterocycles. The first-order valence-corrected chi connectivity index (χ1v) is 9.19. The molecule has 0 aliphatic carbocycles. The maximum atomic E-state index is 12.4. The lowest BCUT2D eigenvalue weighted by molar-refractivity contribution is -0.133. The van der Waals surface area contributed by atoms with E-state index in [0.29, 0.717) is 17.4 Å². The largest absolute Gasteiger partial charge is 0.426 e. The lowest BCUT2D eigenvalue weighted by Gasteiger charge is -2.07. The Morgan fingerprint density at radius 3 is 2.24 bits per heavy atom. The Bertz CT molecular complexity index is 1050. The lowest BCUT2D eigenvalue weighted by atomic mass is 10.1. The molecule has 1 amide bonds. The lowest BCUT2D eigenvalue weighted by Crippen LogP contribution is -2.13. The summed E-state index contributed by atoms with van der Waals surface area (Å²) in [7, 11) is 0. The predicted molar refractivity (Wildman–Crippen MR) is 108 cm³/mol. The number of carbonyl (C=O) groups excluding carboxylic acids is 2. The van der Waals surface area contributed by atoms with Crippen LogP contribution in [0.3, 0.4) is 0 Å². The second kappa shape index (κ2) is 8.22. The van der Waals surface area contributed by atoms with Gasteiger partial charge in [0.1, 0.15) is 5.75 Å². The first-order chi connectivity index (χ1) is 13.7. The van der Waals surface area contributed by atoms with Gasteiger partial charge in [0, 0.05) is 35.3 Å². The van der Waals surface area contributed by atoms with E-state index in [1.807, 2.05) is 33.8 Å². The van der Waals surface area contributed by atoms with Gasteiger partial charge < -0.3 is 10.1 Å². The van der Waals surface area contributed by atoms with Crippen LogP contribution in [0.2, 0.25) is 0 Å². The molecule has 3 aromatic rings. The smallest absolute Gasteiger partial charge is 0.315 e. The van der Waals surface area contributed by atoms with Crippen LogP contribution in [0.25, 0.3) is 5.95 Å². The molecule has 0 saturated heterocycles. The van der Waals surface area contributed by atoms with Crippen molar-refractivity contribution in [1.82, 2.24) is 19.7 Å². The van der Waals surface area contributed by atoms with Gasteiger partial charge in [-0.1, -0.05) is 0 Å². The van der Waals surface area contributed by atoms with E-state index in [4.69, 9.17) is 4.74 Å². The number of rotatable bonds is 5. The van der Waals surface area contributed by atoms with E-state index in [0.717, 1.165) is 28.3 Å². The molecule has 2 heterocycles. The molecule has 0 atom stereocenters. The van der Waals surface area contributed by atoms with Crippen LogP contribution in [0.15, 0.2) is 30.3 Å². The number of nitrogens with one attached hydrogen (secondary N) is 1. The number of aromatic nitrogens is 4. The third-order valence-corrected chi connectivity index (χ3v) is 4.33.